The first-order valence-electron chi connectivity index (χ1n) is 4.49. The molecule has 0 saturated carbocycles. The summed E-state index contributed by atoms with van der Waals surface area (Å²) in [7, 11) is 1.75. The Morgan fingerprint density at radius 3 is 2.80 bits per heavy atom. The summed E-state index contributed by atoms with van der Waals surface area (Å²) in [5.41, 5.74) is 0.287. The number of rotatable bonds is 4. The van der Waals surface area contributed by atoms with E-state index in [1.165, 1.54) is 6.33 Å². The molecule has 15 heavy (non-hydrogen) atoms. The molecule has 0 spiro atoms. The molecule has 0 aliphatic rings. The van der Waals surface area contributed by atoms with E-state index in [9.17, 15) is 9.59 Å². The van der Waals surface area contributed by atoms with Crippen LogP contribution in [0, 0.1) is 0 Å². The smallest absolute Gasteiger partial charge is 0.305 e. The number of aromatic nitrogens is 2. The zero-order chi connectivity index (χ0) is 11.4. The van der Waals surface area contributed by atoms with E-state index in [0.29, 0.717) is 0 Å². The van der Waals surface area contributed by atoms with Gasteiger partial charge in [0.15, 0.2) is 0 Å². The lowest BCUT2D eigenvalue weighted by atomic mass is 10.2. The summed E-state index contributed by atoms with van der Waals surface area (Å²) >= 11 is 0. The molecule has 1 atom stereocenters. The second-order valence-electron chi connectivity index (χ2n) is 3.40. The van der Waals surface area contributed by atoms with Crippen LogP contribution in [0.25, 0.3) is 0 Å². The lowest BCUT2D eigenvalue weighted by Gasteiger charge is -2.09. The quantitative estimate of drug-likeness (QED) is 0.735. The second kappa shape index (κ2) is 4.59. The van der Waals surface area contributed by atoms with Gasteiger partial charge in [-0.25, -0.2) is 4.98 Å². The van der Waals surface area contributed by atoms with Crippen molar-refractivity contribution in [3.63, 3.8) is 0 Å². The Hall–Kier alpha value is -1.85. The zero-order valence-corrected chi connectivity index (χ0v) is 8.60. The predicted octanol–water partition coefficient (Wildman–Crippen LogP) is 0.0131. The number of hydrogen-bond acceptors (Lipinski definition) is 3. The van der Waals surface area contributed by atoms with Crippen LogP contribution in [0.2, 0.25) is 0 Å². The van der Waals surface area contributed by atoms with Crippen molar-refractivity contribution in [2.75, 3.05) is 0 Å². The van der Waals surface area contributed by atoms with Gasteiger partial charge in [-0.1, -0.05) is 0 Å². The van der Waals surface area contributed by atoms with Gasteiger partial charge in [0.2, 0.25) is 0 Å². The highest BCUT2D eigenvalue weighted by molar-refractivity contribution is 5.92. The third-order valence-corrected chi connectivity index (χ3v) is 1.80. The zero-order valence-electron chi connectivity index (χ0n) is 8.60. The molecule has 82 valence electrons. The lowest BCUT2D eigenvalue weighted by Crippen LogP contribution is -2.34. The van der Waals surface area contributed by atoms with E-state index in [4.69, 9.17) is 5.11 Å². The van der Waals surface area contributed by atoms with E-state index < -0.39 is 12.0 Å². The van der Waals surface area contributed by atoms with E-state index in [2.05, 4.69) is 10.3 Å². The monoisotopic (exact) mass is 211 g/mol. The Balaban J connectivity index is 2.52. The maximum Gasteiger partial charge on any atom is 0.305 e. The normalized spacial score (nSPS) is 12.1. The molecule has 0 radical (unpaired) electrons. The molecule has 1 heterocycles. The van der Waals surface area contributed by atoms with Gasteiger partial charge >= 0.3 is 5.97 Å². The summed E-state index contributed by atoms with van der Waals surface area (Å²) < 4.78 is 1.65. The van der Waals surface area contributed by atoms with Gasteiger partial charge < -0.3 is 15.0 Å². The number of nitrogens with zero attached hydrogens (tertiary/aromatic N) is 2. The highest BCUT2D eigenvalue weighted by Gasteiger charge is 2.13. The van der Waals surface area contributed by atoms with Crippen molar-refractivity contribution in [1.82, 2.24) is 14.9 Å². The summed E-state index contributed by atoms with van der Waals surface area (Å²) in [6.07, 6.45) is 2.98. The Morgan fingerprint density at radius 2 is 2.33 bits per heavy atom. The van der Waals surface area contributed by atoms with E-state index in [-0.39, 0.29) is 18.0 Å². The van der Waals surface area contributed by atoms with Crippen LogP contribution in [-0.4, -0.2) is 32.6 Å². The third kappa shape index (κ3) is 3.41. The minimum absolute atomic E-state index is 0.0986. The van der Waals surface area contributed by atoms with Gasteiger partial charge in [0.25, 0.3) is 5.91 Å². The molecule has 1 rings (SSSR count). The number of carboxylic acid groups (broad SMARTS) is 1. The number of carbonyl (C=O) groups is 2. The molecule has 1 aromatic heterocycles. The van der Waals surface area contributed by atoms with Gasteiger partial charge in [0.05, 0.1) is 12.7 Å². The summed E-state index contributed by atoms with van der Waals surface area (Å²) in [6.45, 7) is 1.63. The maximum atomic E-state index is 11.5. The fourth-order valence-corrected chi connectivity index (χ4v) is 1.14. The number of aliphatic carboxylic acids is 1. The van der Waals surface area contributed by atoms with Crippen LogP contribution in [0.3, 0.4) is 0 Å². The number of imidazole rings is 1. The molecular formula is C9H13N3O3. The Labute approximate surface area is 86.9 Å². The van der Waals surface area contributed by atoms with Crippen molar-refractivity contribution in [3.8, 4) is 0 Å². The van der Waals surface area contributed by atoms with Crippen molar-refractivity contribution in [3.05, 3.63) is 18.2 Å². The molecule has 0 aliphatic carbocycles. The molecule has 6 nitrogen and oxygen atoms in total. The van der Waals surface area contributed by atoms with Crippen LogP contribution in [-0.2, 0) is 11.8 Å². The van der Waals surface area contributed by atoms with Crippen molar-refractivity contribution < 1.29 is 14.7 Å². The number of aryl methyl sites for hydroxylation is 1. The average molecular weight is 211 g/mol. The molecular weight excluding hydrogens is 198 g/mol. The first-order valence-corrected chi connectivity index (χ1v) is 4.49. The Kier molecular flexibility index (Phi) is 3.43. The summed E-state index contributed by atoms with van der Waals surface area (Å²) in [5.74, 6) is -1.30. The summed E-state index contributed by atoms with van der Waals surface area (Å²) in [5, 5.41) is 11.0. The van der Waals surface area contributed by atoms with Gasteiger partial charge in [-0.05, 0) is 6.92 Å². The minimum atomic E-state index is -0.941. The SMILES string of the molecule is CC(CC(=O)O)NC(=O)c1cn(C)cn1. The average Bonchev–Trinajstić information content (AvgIpc) is 2.49. The fourth-order valence-electron chi connectivity index (χ4n) is 1.14. The van der Waals surface area contributed by atoms with Gasteiger partial charge in [-0.15, -0.1) is 0 Å². The highest BCUT2D eigenvalue weighted by atomic mass is 16.4. The Morgan fingerprint density at radius 1 is 1.67 bits per heavy atom. The van der Waals surface area contributed by atoms with Crippen molar-refractivity contribution in [1.29, 1.82) is 0 Å². The number of amides is 1. The molecule has 6 heteroatoms. The molecule has 0 bridgehead atoms. The molecule has 0 aliphatic heterocycles. The molecule has 1 unspecified atom stereocenters. The van der Waals surface area contributed by atoms with Crippen LogP contribution >= 0.6 is 0 Å². The molecule has 0 aromatic carbocycles. The first-order chi connectivity index (χ1) is 6.99. The van der Waals surface area contributed by atoms with Crippen LogP contribution < -0.4 is 5.32 Å². The van der Waals surface area contributed by atoms with Crippen LogP contribution in [0.4, 0.5) is 0 Å². The van der Waals surface area contributed by atoms with Gasteiger partial charge in [-0.2, -0.15) is 0 Å². The minimum Gasteiger partial charge on any atom is -0.481 e. The second-order valence-corrected chi connectivity index (χ2v) is 3.40. The number of nitrogens with one attached hydrogen (secondary N) is 1. The number of hydrogen-bond donors (Lipinski definition) is 2. The molecule has 1 aromatic rings. The van der Waals surface area contributed by atoms with Gasteiger partial charge in [-0.3, -0.25) is 9.59 Å². The maximum absolute atomic E-state index is 11.5. The van der Waals surface area contributed by atoms with Gasteiger partial charge in [0, 0.05) is 19.3 Å². The lowest BCUT2D eigenvalue weighted by molar-refractivity contribution is -0.137. The number of carbonyl (C=O) groups excluding carboxylic acids is 1. The fraction of sp³-hybridized carbons (Fsp3) is 0.444. The van der Waals surface area contributed by atoms with E-state index in [0.717, 1.165) is 0 Å². The molecule has 1 amide bonds. The Bertz CT molecular complexity index is 372. The van der Waals surface area contributed by atoms with Crippen LogP contribution in [0.15, 0.2) is 12.5 Å². The summed E-state index contributed by atoms with van der Waals surface area (Å²) in [6, 6.07) is -0.406. The number of carboxylic acids is 1. The van der Waals surface area contributed by atoms with E-state index in [1.807, 2.05) is 0 Å². The summed E-state index contributed by atoms with van der Waals surface area (Å²) in [4.78, 5) is 25.7. The first kappa shape index (κ1) is 11.2. The predicted molar refractivity (Wildman–Crippen MR) is 52.4 cm³/mol. The highest BCUT2D eigenvalue weighted by Crippen LogP contribution is 1.97. The third-order valence-electron chi connectivity index (χ3n) is 1.80. The molecule has 0 saturated heterocycles. The van der Waals surface area contributed by atoms with Gasteiger partial charge in [0.1, 0.15) is 5.69 Å². The van der Waals surface area contributed by atoms with Crippen LogP contribution in [0.5, 0.6) is 0 Å². The van der Waals surface area contributed by atoms with E-state index in [1.54, 1.807) is 24.7 Å². The van der Waals surface area contributed by atoms with Crippen molar-refractivity contribution >= 4 is 11.9 Å². The standard InChI is InChI=1S/C9H13N3O3/c1-6(3-8(13)14)11-9(15)7-4-12(2)5-10-7/h4-6H,3H2,1-2H3,(H,11,15)(H,13,14). The van der Waals surface area contributed by atoms with E-state index >= 15 is 0 Å². The molecule has 0 fully saturated rings. The molecule has 2 N–H and O–H groups in total. The topological polar surface area (TPSA) is 84.2 Å². The van der Waals surface area contributed by atoms with Crippen molar-refractivity contribution in [2.45, 2.75) is 19.4 Å². The largest absolute Gasteiger partial charge is 0.481 e. The van der Waals surface area contributed by atoms with Crippen LogP contribution in [0.1, 0.15) is 23.8 Å². The van der Waals surface area contributed by atoms with Crippen molar-refractivity contribution in [2.24, 2.45) is 7.05 Å².